The average molecular weight is 412 g/mol. The first-order chi connectivity index (χ1) is 13.3. The fourth-order valence-electron chi connectivity index (χ4n) is 3.51. The molecule has 146 valence electrons. The van der Waals surface area contributed by atoms with E-state index in [1.54, 1.807) is 6.20 Å². The van der Waals surface area contributed by atoms with Gasteiger partial charge >= 0.3 is 6.09 Å². The van der Waals surface area contributed by atoms with E-state index in [0.29, 0.717) is 6.61 Å². The van der Waals surface area contributed by atoms with Crippen LogP contribution in [0.1, 0.15) is 20.8 Å². The number of benzene rings is 2. The number of nitrogens with zero attached hydrogens (tertiary/aromatic N) is 1. The van der Waals surface area contributed by atoms with Gasteiger partial charge in [0, 0.05) is 6.20 Å². The normalized spacial score (nSPS) is 14.7. The molecule has 0 aliphatic carbocycles. The van der Waals surface area contributed by atoms with E-state index in [0.717, 1.165) is 17.5 Å². The number of hydrogen-bond acceptors (Lipinski definition) is 3. The second-order valence-electron chi connectivity index (χ2n) is 7.67. The summed E-state index contributed by atoms with van der Waals surface area (Å²) in [6, 6.07) is 21.0. The van der Waals surface area contributed by atoms with Gasteiger partial charge in [-0.15, -0.1) is 0 Å². The number of carbonyl (C=O) groups is 1. The molecule has 1 aliphatic heterocycles. The summed E-state index contributed by atoms with van der Waals surface area (Å²) in [6.45, 7) is 7.16. The summed E-state index contributed by atoms with van der Waals surface area (Å²) in [4.78, 5) is 11.1. The highest BCUT2D eigenvalue weighted by atomic mass is 32.2. The third-order valence-corrected chi connectivity index (χ3v) is 10.7. The molecule has 28 heavy (non-hydrogen) atoms. The van der Waals surface area contributed by atoms with Crippen molar-refractivity contribution in [1.29, 1.82) is 0 Å². The summed E-state index contributed by atoms with van der Waals surface area (Å²) in [7, 11) is -2.59. The van der Waals surface area contributed by atoms with Crippen molar-refractivity contribution in [2.75, 3.05) is 6.61 Å². The van der Waals surface area contributed by atoms with E-state index in [2.05, 4.69) is 69.3 Å². The van der Waals surface area contributed by atoms with Gasteiger partial charge in [-0.2, -0.15) is 0 Å². The molecule has 1 N–H and O–H groups in total. The predicted molar refractivity (Wildman–Crippen MR) is 118 cm³/mol. The highest BCUT2D eigenvalue weighted by Crippen LogP contribution is 2.37. The van der Waals surface area contributed by atoms with Crippen molar-refractivity contribution in [2.45, 2.75) is 25.8 Å². The maximum Gasteiger partial charge on any atom is 0.421 e. The molecule has 1 amide bonds. The lowest BCUT2D eigenvalue weighted by Gasteiger charge is -2.43. The first-order valence-corrected chi connectivity index (χ1v) is 11.9. The van der Waals surface area contributed by atoms with Gasteiger partial charge in [0.05, 0.1) is 6.61 Å². The first kappa shape index (κ1) is 20.5. The van der Waals surface area contributed by atoms with Crippen molar-refractivity contribution < 1.29 is 14.3 Å². The highest BCUT2D eigenvalue weighted by Gasteiger charge is 2.50. The van der Waals surface area contributed by atoms with Crippen molar-refractivity contribution >= 4 is 36.7 Å². The van der Waals surface area contributed by atoms with Gasteiger partial charge in [0.25, 0.3) is 8.32 Å². The van der Waals surface area contributed by atoms with Crippen LogP contribution in [-0.2, 0) is 4.43 Å². The Bertz CT molecular complexity index is 836. The topological polar surface area (TPSA) is 49.8 Å². The fraction of sp³-hybridized carbons (Fsp3) is 0.227. The summed E-state index contributed by atoms with van der Waals surface area (Å²) in [6.07, 6.45) is 2.39. The molecular weight excluding hydrogens is 386 g/mol. The third kappa shape index (κ3) is 4.09. The minimum Gasteiger partial charge on any atom is -0.464 e. The lowest BCUT2D eigenvalue weighted by Crippen LogP contribution is -2.66. The molecule has 0 saturated carbocycles. The number of rotatable bonds is 5. The fourth-order valence-corrected chi connectivity index (χ4v) is 8.66. The molecule has 4 nitrogen and oxygen atoms in total. The second-order valence-corrected chi connectivity index (χ2v) is 12.8. The van der Waals surface area contributed by atoms with Crippen LogP contribution in [0.4, 0.5) is 4.79 Å². The Hall–Kier alpha value is -2.28. The minimum absolute atomic E-state index is 0.0884. The van der Waals surface area contributed by atoms with E-state index in [4.69, 9.17) is 9.53 Å². The van der Waals surface area contributed by atoms with E-state index in [9.17, 15) is 4.79 Å². The summed E-state index contributed by atoms with van der Waals surface area (Å²) >= 11 is 1.15. The molecule has 0 spiro atoms. The molecule has 0 unspecified atom stereocenters. The van der Waals surface area contributed by atoms with Crippen molar-refractivity contribution in [3.63, 3.8) is 0 Å². The zero-order valence-electron chi connectivity index (χ0n) is 16.3. The largest absolute Gasteiger partial charge is 0.464 e. The lowest BCUT2D eigenvalue weighted by atomic mass is 10.2. The van der Waals surface area contributed by atoms with Crippen LogP contribution >= 0.6 is 11.9 Å². The molecule has 2 aromatic carbocycles. The lowest BCUT2D eigenvalue weighted by molar-refractivity contribution is 0.184. The van der Waals surface area contributed by atoms with Gasteiger partial charge in [-0.05, 0) is 44.4 Å². The van der Waals surface area contributed by atoms with Crippen LogP contribution in [0.3, 0.4) is 0 Å². The number of amides is 1. The van der Waals surface area contributed by atoms with Gasteiger partial charge in [0.1, 0.15) is 0 Å². The molecular formula is C22H25NO3SSi. The van der Waals surface area contributed by atoms with Gasteiger partial charge in [-0.1, -0.05) is 81.4 Å². The van der Waals surface area contributed by atoms with Gasteiger partial charge in [0.2, 0.25) is 0 Å². The van der Waals surface area contributed by atoms with E-state index >= 15 is 0 Å². The van der Waals surface area contributed by atoms with Crippen molar-refractivity contribution in [2.24, 2.45) is 0 Å². The van der Waals surface area contributed by atoms with Gasteiger partial charge in [0.15, 0.2) is 0 Å². The van der Waals surface area contributed by atoms with Crippen LogP contribution in [0.25, 0.3) is 0 Å². The molecule has 0 atom stereocenters. The maximum atomic E-state index is 11.1. The molecule has 0 bridgehead atoms. The third-order valence-electron chi connectivity index (χ3n) is 4.80. The molecule has 6 heteroatoms. The van der Waals surface area contributed by atoms with Crippen LogP contribution in [0.15, 0.2) is 83.9 Å². The molecule has 1 heterocycles. The quantitative estimate of drug-likeness (QED) is 0.577. The van der Waals surface area contributed by atoms with E-state index in [-0.39, 0.29) is 5.04 Å². The van der Waals surface area contributed by atoms with Gasteiger partial charge in [-0.3, -0.25) is 0 Å². The molecule has 0 radical (unpaired) electrons. The Morgan fingerprint density at radius 3 is 1.96 bits per heavy atom. The van der Waals surface area contributed by atoms with Gasteiger partial charge in [-0.25, -0.2) is 9.10 Å². The van der Waals surface area contributed by atoms with Crippen LogP contribution in [0.2, 0.25) is 5.04 Å². The summed E-state index contributed by atoms with van der Waals surface area (Å²) in [5, 5.41) is 13.3. The smallest absolute Gasteiger partial charge is 0.421 e. The molecule has 0 aromatic heterocycles. The number of hydrogen-bond donors (Lipinski definition) is 1. The summed E-state index contributed by atoms with van der Waals surface area (Å²) < 4.78 is 8.01. The molecule has 2 aromatic rings. The molecule has 3 rings (SSSR count). The van der Waals surface area contributed by atoms with E-state index in [1.165, 1.54) is 14.7 Å². The molecule has 0 saturated heterocycles. The minimum atomic E-state index is -2.59. The van der Waals surface area contributed by atoms with E-state index < -0.39 is 14.4 Å². The van der Waals surface area contributed by atoms with Crippen molar-refractivity contribution in [1.82, 2.24) is 4.31 Å². The second kappa shape index (κ2) is 8.39. The Morgan fingerprint density at radius 1 is 1.04 bits per heavy atom. The van der Waals surface area contributed by atoms with Crippen LogP contribution < -0.4 is 10.4 Å². The zero-order valence-corrected chi connectivity index (χ0v) is 18.1. The zero-order chi connectivity index (χ0) is 20.2. The molecule has 1 aliphatic rings. The van der Waals surface area contributed by atoms with Crippen molar-refractivity contribution in [3.8, 4) is 0 Å². The standard InChI is InChI=1S/C22H25NO3SSi/c1-22(2,3)28(19-10-6-4-7-11-19,20-12-8-5-9-13-20)26-16-18-14-15-23(21(24)25)27-17-18/h4-15,17H,16H2,1-3H3,(H,24,25). The Labute approximate surface area is 171 Å². The van der Waals surface area contributed by atoms with Crippen LogP contribution in [0, 0.1) is 0 Å². The molecule has 0 fully saturated rings. The monoisotopic (exact) mass is 411 g/mol. The highest BCUT2D eigenvalue weighted by molar-refractivity contribution is 8.00. The van der Waals surface area contributed by atoms with Crippen molar-refractivity contribution in [3.05, 3.63) is 83.9 Å². The first-order valence-electron chi connectivity index (χ1n) is 9.16. The number of carboxylic acid groups (broad SMARTS) is 1. The average Bonchev–Trinajstić information content (AvgIpc) is 2.69. The Morgan fingerprint density at radius 2 is 1.57 bits per heavy atom. The summed E-state index contributed by atoms with van der Waals surface area (Å²) in [5.74, 6) is 0. The SMILES string of the molecule is CC(C)(C)[Si](OCC1=CSN(C(=O)O)C=C1)(c1ccccc1)c1ccccc1. The Balaban J connectivity index is 1.98. The summed E-state index contributed by atoms with van der Waals surface area (Å²) in [5.41, 5.74) is 0.968. The predicted octanol–water partition coefficient (Wildman–Crippen LogP) is 4.60. The van der Waals surface area contributed by atoms with Gasteiger partial charge < -0.3 is 9.53 Å². The maximum absolute atomic E-state index is 11.1. The van der Waals surface area contributed by atoms with Crippen LogP contribution in [-0.4, -0.2) is 30.4 Å². The van der Waals surface area contributed by atoms with Crippen LogP contribution in [0.5, 0.6) is 0 Å². The van der Waals surface area contributed by atoms with E-state index in [1.807, 2.05) is 23.6 Å². The Kier molecular flexibility index (Phi) is 6.13.